The van der Waals surface area contributed by atoms with E-state index in [9.17, 15) is 4.79 Å². The van der Waals surface area contributed by atoms with Crippen molar-refractivity contribution in [3.8, 4) is 16.9 Å². The van der Waals surface area contributed by atoms with Crippen molar-refractivity contribution in [1.29, 1.82) is 0 Å². The molecule has 1 amide bonds. The molecular formula is C20H20N6O2S. The Balaban J connectivity index is 1.55. The van der Waals surface area contributed by atoms with Gasteiger partial charge in [0.2, 0.25) is 5.95 Å². The first kappa shape index (κ1) is 17.9. The number of nitrogen functional groups attached to an aromatic ring is 1. The van der Waals surface area contributed by atoms with Gasteiger partial charge in [0.05, 0.1) is 17.9 Å². The topological polar surface area (TPSA) is 106 Å². The lowest BCUT2D eigenvalue weighted by Gasteiger charge is -2.29. The van der Waals surface area contributed by atoms with Gasteiger partial charge in [-0.25, -0.2) is 15.0 Å². The molecule has 0 bridgehead atoms. The van der Waals surface area contributed by atoms with E-state index in [1.54, 1.807) is 12.4 Å². The maximum Gasteiger partial charge on any atom is 0.263 e. The van der Waals surface area contributed by atoms with Crippen LogP contribution in [0, 0.1) is 0 Å². The minimum Gasteiger partial charge on any atom is -0.490 e. The normalized spacial score (nSPS) is 17.2. The molecule has 0 unspecified atom stereocenters. The van der Waals surface area contributed by atoms with E-state index < -0.39 is 0 Å². The highest BCUT2D eigenvalue weighted by Crippen LogP contribution is 2.42. The highest BCUT2D eigenvalue weighted by atomic mass is 32.1. The van der Waals surface area contributed by atoms with Gasteiger partial charge in [-0.1, -0.05) is 17.4 Å². The van der Waals surface area contributed by atoms with E-state index in [4.69, 9.17) is 15.5 Å². The number of anilines is 3. The Morgan fingerprint density at radius 2 is 2.03 bits per heavy atom. The Bertz CT molecular complexity index is 1110. The molecule has 3 N–H and O–H groups in total. The van der Waals surface area contributed by atoms with Crippen molar-refractivity contribution in [2.45, 2.75) is 25.8 Å². The summed E-state index contributed by atoms with van der Waals surface area (Å²) in [5.74, 6) is 0.974. The molecule has 0 aliphatic carbocycles. The summed E-state index contributed by atoms with van der Waals surface area (Å²) in [7, 11) is 0. The van der Waals surface area contributed by atoms with Crippen LogP contribution in [0.1, 0.15) is 29.2 Å². The van der Waals surface area contributed by atoms with Gasteiger partial charge in [-0.05, 0) is 31.5 Å². The minimum atomic E-state index is -0.291. The number of fused-ring (bicyclic) bond motifs is 2. The first-order valence-electron chi connectivity index (χ1n) is 9.34. The molecule has 1 aromatic carbocycles. The Kier molecular flexibility index (Phi) is 3.95. The molecule has 3 aromatic rings. The third-order valence-corrected chi connectivity index (χ3v) is 6.13. The quantitative estimate of drug-likeness (QED) is 0.671. The van der Waals surface area contributed by atoms with Crippen LogP contribution in [0.15, 0.2) is 30.6 Å². The number of aromatic nitrogens is 3. The zero-order valence-electron chi connectivity index (χ0n) is 16.1. The van der Waals surface area contributed by atoms with Crippen LogP contribution in [-0.4, -0.2) is 39.5 Å². The number of ether oxygens (including phenoxy) is 1. The molecular weight excluding hydrogens is 388 g/mol. The van der Waals surface area contributed by atoms with E-state index in [1.165, 1.54) is 11.3 Å². The molecule has 0 saturated carbocycles. The average molecular weight is 408 g/mol. The van der Waals surface area contributed by atoms with Crippen LogP contribution in [0.2, 0.25) is 0 Å². The number of nitrogens with one attached hydrogen (secondary N) is 1. The lowest BCUT2D eigenvalue weighted by molar-refractivity contribution is 0.0901. The van der Waals surface area contributed by atoms with Gasteiger partial charge in [-0.3, -0.25) is 4.79 Å². The molecule has 4 heterocycles. The highest BCUT2D eigenvalue weighted by molar-refractivity contribution is 7.17. The van der Waals surface area contributed by atoms with Crippen LogP contribution in [0.4, 0.5) is 16.8 Å². The predicted octanol–water partition coefficient (Wildman–Crippen LogP) is 2.78. The largest absolute Gasteiger partial charge is 0.490 e. The van der Waals surface area contributed by atoms with Crippen molar-refractivity contribution in [2.24, 2.45) is 0 Å². The van der Waals surface area contributed by atoms with Crippen molar-refractivity contribution in [3.63, 3.8) is 0 Å². The Hall–Kier alpha value is -3.20. The molecule has 0 atom stereocenters. The molecule has 148 valence electrons. The predicted molar refractivity (Wildman–Crippen MR) is 112 cm³/mol. The Morgan fingerprint density at radius 1 is 1.24 bits per heavy atom. The Morgan fingerprint density at radius 3 is 2.83 bits per heavy atom. The number of thiazole rings is 1. The molecule has 8 nitrogen and oxygen atoms in total. The maximum atomic E-state index is 12.5. The van der Waals surface area contributed by atoms with Gasteiger partial charge in [0.1, 0.15) is 17.2 Å². The Labute approximate surface area is 171 Å². The lowest BCUT2D eigenvalue weighted by Crippen LogP contribution is -2.48. The summed E-state index contributed by atoms with van der Waals surface area (Å²) in [5.41, 5.74) is 8.91. The molecule has 2 aliphatic rings. The van der Waals surface area contributed by atoms with E-state index >= 15 is 0 Å². The smallest absolute Gasteiger partial charge is 0.263 e. The summed E-state index contributed by atoms with van der Waals surface area (Å²) in [6.45, 7) is 5.24. The van der Waals surface area contributed by atoms with Gasteiger partial charge in [0, 0.05) is 29.9 Å². The third-order valence-electron chi connectivity index (χ3n) is 5.01. The molecule has 29 heavy (non-hydrogen) atoms. The van der Waals surface area contributed by atoms with Gasteiger partial charge < -0.3 is 20.7 Å². The minimum absolute atomic E-state index is 0.0544. The van der Waals surface area contributed by atoms with Crippen molar-refractivity contribution in [3.05, 3.63) is 41.2 Å². The van der Waals surface area contributed by atoms with Crippen LogP contribution in [0.3, 0.4) is 0 Å². The zero-order valence-corrected chi connectivity index (χ0v) is 16.9. The number of rotatable bonds is 2. The number of nitrogens with two attached hydrogens (primary N) is 1. The summed E-state index contributed by atoms with van der Waals surface area (Å²) >= 11 is 1.42. The first-order chi connectivity index (χ1) is 13.9. The van der Waals surface area contributed by atoms with Crippen molar-refractivity contribution in [2.75, 3.05) is 23.8 Å². The van der Waals surface area contributed by atoms with Crippen molar-refractivity contribution >= 4 is 34.0 Å². The molecule has 0 fully saturated rings. The van der Waals surface area contributed by atoms with E-state index in [1.807, 2.05) is 32.0 Å². The third kappa shape index (κ3) is 3.17. The number of amides is 1. The van der Waals surface area contributed by atoms with Crippen LogP contribution in [0.25, 0.3) is 11.1 Å². The van der Waals surface area contributed by atoms with Gasteiger partial charge in [-0.2, -0.15) is 0 Å². The molecule has 2 aromatic heterocycles. The second-order valence-corrected chi connectivity index (χ2v) is 8.78. The summed E-state index contributed by atoms with van der Waals surface area (Å²) in [6.07, 6.45) is 4.11. The summed E-state index contributed by atoms with van der Waals surface area (Å²) < 4.78 is 5.85. The van der Waals surface area contributed by atoms with Crippen LogP contribution < -0.4 is 20.7 Å². The molecule has 2 aliphatic heterocycles. The van der Waals surface area contributed by atoms with Crippen molar-refractivity contribution in [1.82, 2.24) is 20.3 Å². The fourth-order valence-electron chi connectivity index (χ4n) is 3.66. The zero-order chi connectivity index (χ0) is 20.2. The van der Waals surface area contributed by atoms with E-state index in [0.717, 1.165) is 33.4 Å². The van der Waals surface area contributed by atoms with Crippen LogP contribution in [-0.2, 0) is 6.42 Å². The number of benzene rings is 1. The van der Waals surface area contributed by atoms with Crippen LogP contribution in [0.5, 0.6) is 5.75 Å². The molecule has 9 heteroatoms. The van der Waals surface area contributed by atoms with Gasteiger partial charge >= 0.3 is 0 Å². The summed E-state index contributed by atoms with van der Waals surface area (Å²) in [5, 5.41) is 3.85. The second kappa shape index (κ2) is 6.41. The fraction of sp³-hybridized carbons (Fsp3) is 0.300. The second-order valence-electron chi connectivity index (χ2n) is 7.80. The molecule has 0 saturated heterocycles. The number of hydrogen-bond donors (Lipinski definition) is 2. The number of nitrogens with zero attached hydrogens (tertiary/aromatic N) is 4. The van der Waals surface area contributed by atoms with Crippen molar-refractivity contribution < 1.29 is 9.53 Å². The lowest BCUT2D eigenvalue weighted by atomic mass is 9.94. The molecule has 0 radical (unpaired) electrons. The number of hydrogen-bond acceptors (Lipinski definition) is 8. The standard InChI is InChI=1S/C20H20N6O2S/c1-20(2)8-13-16(17(27)25-20)29-19(24-13)26-5-6-28-15-4-3-11(7-14(15)26)12-9-22-18(21)23-10-12/h3-4,7,9-10H,5-6,8H2,1-2H3,(H,25,27)(H2,21,22,23). The van der Waals surface area contributed by atoms with E-state index in [0.29, 0.717) is 24.4 Å². The maximum absolute atomic E-state index is 12.5. The van der Waals surface area contributed by atoms with Gasteiger partial charge in [0.15, 0.2) is 5.13 Å². The molecule has 0 spiro atoms. The highest BCUT2D eigenvalue weighted by Gasteiger charge is 2.34. The average Bonchev–Trinajstić information content (AvgIpc) is 3.10. The van der Waals surface area contributed by atoms with Crippen LogP contribution >= 0.6 is 11.3 Å². The fourth-order valence-corrected chi connectivity index (χ4v) is 4.68. The van der Waals surface area contributed by atoms with Gasteiger partial charge in [-0.15, -0.1) is 0 Å². The van der Waals surface area contributed by atoms with E-state index in [2.05, 4.69) is 20.2 Å². The summed E-state index contributed by atoms with van der Waals surface area (Å²) in [4.78, 5) is 28.3. The first-order valence-corrected chi connectivity index (χ1v) is 10.2. The summed E-state index contributed by atoms with van der Waals surface area (Å²) in [6, 6.07) is 5.95. The SMILES string of the molecule is CC1(C)Cc2nc(N3CCOc4ccc(-c5cnc(N)nc5)cc43)sc2C(=O)N1. The monoisotopic (exact) mass is 408 g/mol. The van der Waals surface area contributed by atoms with E-state index in [-0.39, 0.29) is 17.4 Å². The molecule has 5 rings (SSSR count). The number of carbonyl (C=O) groups is 1. The van der Waals surface area contributed by atoms with Gasteiger partial charge in [0.25, 0.3) is 5.91 Å². The number of carbonyl (C=O) groups excluding carboxylic acids is 1.